The maximum atomic E-state index is 12.2. The molecule has 3 aromatic heterocycles. The molecule has 3 aromatic rings. The van der Waals surface area contributed by atoms with Crippen molar-refractivity contribution in [1.29, 1.82) is 0 Å². The minimum atomic E-state index is -0.347. The Morgan fingerprint density at radius 1 is 1.27 bits per heavy atom. The lowest BCUT2D eigenvalue weighted by Gasteiger charge is -2.06. The third-order valence-electron chi connectivity index (χ3n) is 3.49. The van der Waals surface area contributed by atoms with Gasteiger partial charge in [-0.05, 0) is 19.1 Å². The smallest absolute Gasteiger partial charge is 0.255 e. The third kappa shape index (κ3) is 2.37. The average Bonchev–Trinajstić information content (AvgIpc) is 2.76. The van der Waals surface area contributed by atoms with Crippen molar-refractivity contribution >= 4 is 22.6 Å². The van der Waals surface area contributed by atoms with E-state index in [-0.39, 0.29) is 11.5 Å². The first kappa shape index (κ1) is 14.0. The standard InChI is InChI=1S/C15H15N5O2/c1-9-12-7-11(8-16-14(12)20(3)18-9)17-15(22)10-4-5-19(2)13(21)6-10/h4-8H,1-3H3,(H,17,22). The Bertz CT molecular complexity index is 939. The Hall–Kier alpha value is -2.96. The van der Waals surface area contributed by atoms with Crippen molar-refractivity contribution in [2.45, 2.75) is 6.92 Å². The zero-order chi connectivity index (χ0) is 15.9. The van der Waals surface area contributed by atoms with E-state index < -0.39 is 0 Å². The first-order valence-electron chi connectivity index (χ1n) is 6.73. The van der Waals surface area contributed by atoms with Crippen LogP contribution in [0.3, 0.4) is 0 Å². The van der Waals surface area contributed by atoms with Crippen molar-refractivity contribution < 1.29 is 4.79 Å². The van der Waals surface area contributed by atoms with Gasteiger partial charge in [0.2, 0.25) is 0 Å². The Balaban J connectivity index is 1.92. The number of nitrogens with one attached hydrogen (secondary N) is 1. The van der Waals surface area contributed by atoms with Gasteiger partial charge in [-0.1, -0.05) is 0 Å². The number of fused-ring (bicyclic) bond motifs is 1. The average molecular weight is 297 g/mol. The molecule has 7 heteroatoms. The van der Waals surface area contributed by atoms with Crippen molar-refractivity contribution in [3.63, 3.8) is 0 Å². The number of carbonyl (C=O) groups is 1. The van der Waals surface area contributed by atoms with E-state index in [1.807, 2.05) is 20.0 Å². The van der Waals surface area contributed by atoms with Gasteiger partial charge in [0.1, 0.15) is 0 Å². The van der Waals surface area contributed by atoms with Crippen molar-refractivity contribution in [2.24, 2.45) is 14.1 Å². The lowest BCUT2D eigenvalue weighted by Crippen LogP contribution is -2.20. The van der Waals surface area contributed by atoms with Gasteiger partial charge in [0.15, 0.2) is 5.65 Å². The minimum Gasteiger partial charge on any atom is -0.321 e. The lowest BCUT2D eigenvalue weighted by atomic mass is 10.2. The second-order valence-electron chi connectivity index (χ2n) is 5.12. The normalized spacial score (nSPS) is 10.9. The van der Waals surface area contributed by atoms with Crippen LogP contribution in [-0.2, 0) is 14.1 Å². The molecule has 0 unspecified atom stereocenters. The molecule has 0 bridgehead atoms. The van der Waals surface area contributed by atoms with E-state index >= 15 is 0 Å². The molecule has 112 valence electrons. The van der Waals surface area contributed by atoms with E-state index in [1.54, 1.807) is 30.2 Å². The fraction of sp³-hybridized carbons (Fsp3) is 0.200. The summed E-state index contributed by atoms with van der Waals surface area (Å²) in [7, 11) is 3.45. The monoisotopic (exact) mass is 297 g/mol. The van der Waals surface area contributed by atoms with Gasteiger partial charge in [0.25, 0.3) is 11.5 Å². The second kappa shape index (κ2) is 5.10. The minimum absolute atomic E-state index is 0.232. The van der Waals surface area contributed by atoms with Crippen LogP contribution in [0, 0.1) is 6.92 Å². The molecule has 0 aliphatic heterocycles. The van der Waals surface area contributed by atoms with Gasteiger partial charge in [-0.2, -0.15) is 5.10 Å². The lowest BCUT2D eigenvalue weighted by molar-refractivity contribution is 0.102. The molecule has 1 amide bonds. The number of nitrogens with zero attached hydrogens (tertiary/aromatic N) is 4. The largest absolute Gasteiger partial charge is 0.321 e. The van der Waals surface area contributed by atoms with Gasteiger partial charge in [-0.15, -0.1) is 0 Å². The molecule has 0 aromatic carbocycles. The van der Waals surface area contributed by atoms with E-state index in [1.165, 1.54) is 10.6 Å². The van der Waals surface area contributed by atoms with Crippen molar-refractivity contribution in [3.05, 3.63) is 52.2 Å². The van der Waals surface area contributed by atoms with Gasteiger partial charge in [-0.3, -0.25) is 14.3 Å². The highest BCUT2D eigenvalue weighted by Gasteiger charge is 2.11. The molecular formula is C15H15N5O2. The van der Waals surface area contributed by atoms with Gasteiger partial charge >= 0.3 is 0 Å². The number of aryl methyl sites for hydroxylation is 3. The highest BCUT2D eigenvalue weighted by Crippen LogP contribution is 2.19. The predicted octanol–water partition coefficient (Wildman–Crippen LogP) is 1.23. The third-order valence-corrected chi connectivity index (χ3v) is 3.49. The molecule has 3 heterocycles. The van der Waals surface area contributed by atoms with E-state index in [4.69, 9.17) is 0 Å². The summed E-state index contributed by atoms with van der Waals surface area (Å²) in [6, 6.07) is 4.72. The fourth-order valence-corrected chi connectivity index (χ4v) is 2.27. The van der Waals surface area contributed by atoms with Crippen molar-refractivity contribution in [2.75, 3.05) is 5.32 Å². The molecule has 0 saturated carbocycles. The van der Waals surface area contributed by atoms with E-state index in [2.05, 4.69) is 15.4 Å². The van der Waals surface area contributed by atoms with Crippen molar-refractivity contribution in [3.8, 4) is 0 Å². The summed E-state index contributed by atoms with van der Waals surface area (Å²) < 4.78 is 3.10. The molecule has 0 saturated heterocycles. The number of rotatable bonds is 2. The van der Waals surface area contributed by atoms with Crippen LogP contribution in [0.15, 0.2) is 35.4 Å². The summed E-state index contributed by atoms with van der Waals surface area (Å²) >= 11 is 0. The molecule has 7 nitrogen and oxygen atoms in total. The molecule has 0 fully saturated rings. The van der Waals surface area contributed by atoms with Gasteiger partial charge in [0, 0.05) is 37.3 Å². The van der Waals surface area contributed by atoms with E-state index in [0.717, 1.165) is 16.7 Å². The maximum absolute atomic E-state index is 12.2. The van der Waals surface area contributed by atoms with Crippen LogP contribution in [0.1, 0.15) is 16.1 Å². The van der Waals surface area contributed by atoms with Crippen LogP contribution in [0.2, 0.25) is 0 Å². The molecule has 0 aliphatic rings. The van der Waals surface area contributed by atoms with Gasteiger partial charge < -0.3 is 9.88 Å². The molecule has 3 rings (SSSR count). The molecule has 0 aliphatic carbocycles. The number of anilines is 1. The predicted molar refractivity (Wildman–Crippen MR) is 82.9 cm³/mol. The van der Waals surface area contributed by atoms with Crippen molar-refractivity contribution in [1.82, 2.24) is 19.3 Å². The van der Waals surface area contributed by atoms with Gasteiger partial charge in [-0.25, -0.2) is 4.98 Å². The number of pyridine rings is 2. The van der Waals surface area contributed by atoms with Crippen LogP contribution in [0.25, 0.3) is 11.0 Å². The fourth-order valence-electron chi connectivity index (χ4n) is 2.27. The Kier molecular flexibility index (Phi) is 3.25. The number of hydrogen-bond acceptors (Lipinski definition) is 4. The number of carbonyl (C=O) groups excluding carboxylic acids is 1. The van der Waals surface area contributed by atoms with E-state index in [0.29, 0.717) is 11.3 Å². The van der Waals surface area contributed by atoms with Crippen LogP contribution >= 0.6 is 0 Å². The summed E-state index contributed by atoms with van der Waals surface area (Å²) in [5.74, 6) is -0.347. The topological polar surface area (TPSA) is 81.8 Å². The number of hydrogen-bond donors (Lipinski definition) is 1. The zero-order valence-corrected chi connectivity index (χ0v) is 12.5. The first-order valence-corrected chi connectivity index (χ1v) is 6.73. The molecular weight excluding hydrogens is 282 g/mol. The maximum Gasteiger partial charge on any atom is 0.255 e. The van der Waals surface area contributed by atoms with Crippen LogP contribution in [0.5, 0.6) is 0 Å². The second-order valence-corrected chi connectivity index (χ2v) is 5.12. The number of aromatic nitrogens is 4. The number of amides is 1. The van der Waals surface area contributed by atoms with Crippen LogP contribution in [-0.4, -0.2) is 25.2 Å². The zero-order valence-electron chi connectivity index (χ0n) is 12.5. The summed E-state index contributed by atoms with van der Waals surface area (Å²) in [5, 5.41) is 7.91. The summed E-state index contributed by atoms with van der Waals surface area (Å²) in [5.41, 5.74) is 2.24. The molecule has 1 N–H and O–H groups in total. The summed E-state index contributed by atoms with van der Waals surface area (Å²) in [4.78, 5) is 28.1. The highest BCUT2D eigenvalue weighted by molar-refractivity contribution is 6.04. The Morgan fingerprint density at radius 3 is 2.77 bits per heavy atom. The molecule has 0 radical (unpaired) electrons. The van der Waals surface area contributed by atoms with E-state index in [9.17, 15) is 9.59 Å². The highest BCUT2D eigenvalue weighted by atomic mass is 16.2. The molecule has 0 atom stereocenters. The van der Waals surface area contributed by atoms with Crippen LogP contribution < -0.4 is 10.9 Å². The Labute approximate surface area is 126 Å². The van der Waals surface area contributed by atoms with Gasteiger partial charge in [0.05, 0.1) is 17.6 Å². The quantitative estimate of drug-likeness (QED) is 0.771. The first-order chi connectivity index (χ1) is 10.5. The summed E-state index contributed by atoms with van der Waals surface area (Å²) in [6.07, 6.45) is 3.13. The molecule has 0 spiro atoms. The summed E-state index contributed by atoms with van der Waals surface area (Å²) in [6.45, 7) is 1.89. The van der Waals surface area contributed by atoms with Crippen LogP contribution in [0.4, 0.5) is 5.69 Å². The Morgan fingerprint density at radius 2 is 2.05 bits per heavy atom. The molecule has 22 heavy (non-hydrogen) atoms. The SMILES string of the molecule is Cc1nn(C)c2ncc(NC(=O)c3ccn(C)c(=O)c3)cc12.